The van der Waals surface area contributed by atoms with Crippen LogP contribution < -0.4 is 5.32 Å². The molecule has 8 nitrogen and oxygen atoms in total. The number of aromatic carboxylic acids is 1. The molecule has 0 aromatic carbocycles. The van der Waals surface area contributed by atoms with Gasteiger partial charge in [-0.1, -0.05) is 0 Å². The lowest BCUT2D eigenvalue weighted by molar-refractivity contribution is -0.385. The second-order valence-electron chi connectivity index (χ2n) is 3.52. The number of hydrogen-bond donors (Lipinski definition) is 3. The van der Waals surface area contributed by atoms with E-state index in [1.54, 1.807) is 0 Å². The molecular weight excluding hydrogens is 268 g/mol. The highest BCUT2D eigenvalue weighted by molar-refractivity contribution is 5.93. The predicted octanol–water partition coefficient (Wildman–Crippen LogP) is 0.727. The van der Waals surface area contributed by atoms with E-state index < -0.39 is 41.2 Å². The quantitative estimate of drug-likeness (QED) is 0.516. The number of pyridine rings is 1. The van der Waals surface area contributed by atoms with Crippen LogP contribution in [0.25, 0.3) is 0 Å². The van der Waals surface area contributed by atoms with Crippen molar-refractivity contribution in [1.82, 2.24) is 4.98 Å². The number of carboxylic acid groups (broad SMARTS) is 1. The zero-order chi connectivity index (χ0) is 14.6. The Labute approximate surface area is 104 Å². The summed E-state index contributed by atoms with van der Waals surface area (Å²) in [6.45, 7) is -2.37. The molecule has 1 aromatic rings. The minimum absolute atomic E-state index is 0.267. The van der Waals surface area contributed by atoms with Gasteiger partial charge in [-0.05, 0) is 0 Å². The van der Waals surface area contributed by atoms with Crippen LogP contribution in [0.4, 0.5) is 20.3 Å². The summed E-state index contributed by atoms with van der Waals surface area (Å²) in [5, 5.41) is 29.7. The van der Waals surface area contributed by atoms with Crippen LogP contribution in [0.5, 0.6) is 0 Å². The molecule has 0 aliphatic carbocycles. The number of alkyl halides is 2. The van der Waals surface area contributed by atoms with E-state index in [1.165, 1.54) is 0 Å². The third kappa shape index (κ3) is 3.81. The highest BCUT2D eigenvalue weighted by atomic mass is 19.3. The van der Waals surface area contributed by atoms with Gasteiger partial charge in [0.25, 0.3) is 5.92 Å². The molecule has 1 aromatic heterocycles. The molecule has 0 atom stereocenters. The average molecular weight is 277 g/mol. The van der Waals surface area contributed by atoms with Crippen molar-refractivity contribution in [3.8, 4) is 0 Å². The van der Waals surface area contributed by atoms with Crippen LogP contribution >= 0.6 is 0 Å². The van der Waals surface area contributed by atoms with Crippen molar-refractivity contribution in [2.75, 3.05) is 18.5 Å². The Morgan fingerprint density at radius 2 is 2.21 bits per heavy atom. The van der Waals surface area contributed by atoms with E-state index >= 15 is 0 Å². The second kappa shape index (κ2) is 5.52. The molecule has 0 saturated heterocycles. The van der Waals surface area contributed by atoms with Crippen molar-refractivity contribution in [1.29, 1.82) is 0 Å². The fourth-order valence-corrected chi connectivity index (χ4v) is 1.14. The Bertz CT molecular complexity index is 509. The summed E-state index contributed by atoms with van der Waals surface area (Å²) in [6, 6.07) is 0.772. The molecule has 0 bridgehead atoms. The Morgan fingerprint density at radius 1 is 1.58 bits per heavy atom. The van der Waals surface area contributed by atoms with E-state index in [-0.39, 0.29) is 5.82 Å². The first-order chi connectivity index (χ1) is 8.76. The van der Waals surface area contributed by atoms with Gasteiger partial charge >= 0.3 is 11.7 Å². The fourth-order valence-electron chi connectivity index (χ4n) is 1.14. The topological polar surface area (TPSA) is 126 Å². The van der Waals surface area contributed by atoms with Crippen molar-refractivity contribution >= 4 is 17.5 Å². The molecule has 0 amide bonds. The van der Waals surface area contributed by atoms with Crippen molar-refractivity contribution < 1.29 is 28.7 Å². The number of aliphatic hydroxyl groups is 1. The van der Waals surface area contributed by atoms with E-state index in [1.807, 2.05) is 0 Å². The molecule has 19 heavy (non-hydrogen) atoms. The average Bonchev–Trinajstić information content (AvgIpc) is 2.36. The Balaban J connectivity index is 2.97. The number of hydrogen-bond acceptors (Lipinski definition) is 6. The largest absolute Gasteiger partial charge is 0.477 e. The van der Waals surface area contributed by atoms with Crippen molar-refractivity contribution in [3.05, 3.63) is 27.9 Å². The summed E-state index contributed by atoms with van der Waals surface area (Å²) in [5.41, 5.74) is -1.42. The minimum Gasteiger partial charge on any atom is -0.477 e. The number of nitrogens with one attached hydrogen (secondary N) is 1. The standard InChI is InChI=1S/C9H9F2N3O5/c10-9(11,4-15)3-13-7-1-5(8(16)17)6(2-12-7)14(18)19/h1-2,15H,3-4H2,(H,12,13)(H,16,17). The number of aliphatic hydroxyl groups excluding tert-OH is 1. The van der Waals surface area contributed by atoms with Crippen LogP contribution in [0.3, 0.4) is 0 Å². The molecule has 104 valence electrons. The van der Waals surface area contributed by atoms with Gasteiger partial charge in [0.2, 0.25) is 0 Å². The van der Waals surface area contributed by atoms with Gasteiger partial charge < -0.3 is 15.5 Å². The highest BCUT2D eigenvalue weighted by Crippen LogP contribution is 2.21. The van der Waals surface area contributed by atoms with Crippen LogP contribution in [0.2, 0.25) is 0 Å². The molecule has 1 heterocycles. The normalized spacial score (nSPS) is 11.1. The molecule has 3 N–H and O–H groups in total. The van der Waals surface area contributed by atoms with Gasteiger partial charge in [0.15, 0.2) is 0 Å². The first-order valence-corrected chi connectivity index (χ1v) is 4.87. The molecule has 0 radical (unpaired) electrons. The fraction of sp³-hybridized carbons (Fsp3) is 0.333. The van der Waals surface area contributed by atoms with Crippen LogP contribution in [-0.4, -0.2) is 45.2 Å². The molecular formula is C9H9F2N3O5. The van der Waals surface area contributed by atoms with Crippen molar-refractivity contribution in [2.45, 2.75) is 5.92 Å². The maximum absolute atomic E-state index is 12.7. The van der Waals surface area contributed by atoms with Gasteiger partial charge in [-0.2, -0.15) is 0 Å². The molecule has 0 unspecified atom stereocenters. The number of rotatable bonds is 6. The number of carboxylic acids is 1. The molecule has 1 rings (SSSR count). The van der Waals surface area contributed by atoms with Gasteiger partial charge in [-0.15, -0.1) is 0 Å². The maximum atomic E-state index is 12.7. The van der Waals surface area contributed by atoms with Gasteiger partial charge in [-0.3, -0.25) is 10.1 Å². The number of nitrogens with zero attached hydrogens (tertiary/aromatic N) is 2. The lowest BCUT2D eigenvalue weighted by atomic mass is 10.2. The molecule has 0 aliphatic heterocycles. The number of anilines is 1. The first-order valence-electron chi connectivity index (χ1n) is 4.87. The third-order valence-electron chi connectivity index (χ3n) is 2.07. The predicted molar refractivity (Wildman–Crippen MR) is 58.4 cm³/mol. The zero-order valence-electron chi connectivity index (χ0n) is 9.34. The minimum atomic E-state index is -3.41. The Kier molecular flexibility index (Phi) is 4.27. The zero-order valence-corrected chi connectivity index (χ0v) is 9.34. The maximum Gasteiger partial charge on any atom is 0.342 e. The molecule has 0 fully saturated rings. The summed E-state index contributed by atoms with van der Waals surface area (Å²) in [7, 11) is 0. The molecule has 0 saturated carbocycles. The van der Waals surface area contributed by atoms with Crippen LogP contribution in [-0.2, 0) is 0 Å². The number of carbonyl (C=O) groups is 1. The summed E-state index contributed by atoms with van der Waals surface area (Å²) >= 11 is 0. The first kappa shape index (κ1) is 14.7. The van der Waals surface area contributed by atoms with E-state index in [2.05, 4.69) is 10.3 Å². The second-order valence-corrected chi connectivity index (χ2v) is 3.52. The number of halogens is 2. The molecule has 10 heteroatoms. The Hall–Kier alpha value is -2.36. The van der Waals surface area contributed by atoms with E-state index in [0.29, 0.717) is 6.20 Å². The van der Waals surface area contributed by atoms with E-state index in [9.17, 15) is 23.7 Å². The van der Waals surface area contributed by atoms with Gasteiger partial charge in [0.05, 0.1) is 11.5 Å². The summed E-state index contributed by atoms with van der Waals surface area (Å²) in [6.07, 6.45) is 0.656. The lowest BCUT2D eigenvalue weighted by Crippen LogP contribution is -2.31. The summed E-state index contributed by atoms with van der Waals surface area (Å²) in [5.74, 6) is -5.26. The van der Waals surface area contributed by atoms with Gasteiger partial charge in [0.1, 0.15) is 24.2 Å². The summed E-state index contributed by atoms with van der Waals surface area (Å²) in [4.78, 5) is 23.8. The monoisotopic (exact) mass is 277 g/mol. The SMILES string of the molecule is O=C(O)c1cc(NCC(F)(F)CO)ncc1[N+](=O)[O-]. The number of aromatic nitrogens is 1. The van der Waals surface area contributed by atoms with E-state index in [0.717, 1.165) is 6.07 Å². The van der Waals surface area contributed by atoms with Crippen LogP contribution in [0.1, 0.15) is 10.4 Å². The third-order valence-corrected chi connectivity index (χ3v) is 2.07. The summed E-state index contributed by atoms with van der Waals surface area (Å²) < 4.78 is 25.5. The highest BCUT2D eigenvalue weighted by Gasteiger charge is 2.28. The molecule has 0 spiro atoms. The van der Waals surface area contributed by atoms with E-state index in [4.69, 9.17) is 10.2 Å². The van der Waals surface area contributed by atoms with Crippen LogP contribution in [0.15, 0.2) is 12.3 Å². The van der Waals surface area contributed by atoms with Gasteiger partial charge in [0, 0.05) is 6.07 Å². The van der Waals surface area contributed by atoms with Crippen LogP contribution in [0, 0.1) is 10.1 Å². The Morgan fingerprint density at radius 3 is 2.68 bits per heavy atom. The van der Waals surface area contributed by atoms with Crippen molar-refractivity contribution in [3.63, 3.8) is 0 Å². The van der Waals surface area contributed by atoms with Gasteiger partial charge in [-0.25, -0.2) is 18.6 Å². The van der Waals surface area contributed by atoms with Crippen molar-refractivity contribution in [2.24, 2.45) is 0 Å². The smallest absolute Gasteiger partial charge is 0.342 e. The number of nitro groups is 1. The molecule has 0 aliphatic rings. The lowest BCUT2D eigenvalue weighted by Gasteiger charge is -2.14.